The minimum absolute atomic E-state index is 0.184. The molecule has 0 radical (unpaired) electrons. The predicted octanol–water partition coefficient (Wildman–Crippen LogP) is 2.37. The fourth-order valence-corrected chi connectivity index (χ4v) is 1.26. The molecule has 1 atom stereocenters. The van der Waals surface area contributed by atoms with Gasteiger partial charge >= 0.3 is 6.16 Å². The van der Waals surface area contributed by atoms with Crippen molar-refractivity contribution in [1.29, 1.82) is 0 Å². The third-order valence-electron chi connectivity index (χ3n) is 2.01. The van der Waals surface area contributed by atoms with Gasteiger partial charge in [0.1, 0.15) is 12.4 Å². The summed E-state index contributed by atoms with van der Waals surface area (Å²) in [7, 11) is 0. The van der Waals surface area contributed by atoms with Crippen LogP contribution in [0.5, 0.6) is 0 Å². The van der Waals surface area contributed by atoms with Crippen molar-refractivity contribution in [2.75, 3.05) is 6.61 Å². The Labute approximate surface area is 86.1 Å². The molecule has 0 aromatic heterocycles. The quantitative estimate of drug-likeness (QED) is 0.700. The van der Waals surface area contributed by atoms with Crippen molar-refractivity contribution < 1.29 is 18.7 Å². The molecule has 2 rings (SSSR count). The molecule has 1 saturated heterocycles. The number of cyclic esters (lactones) is 2. The first-order valence-electron chi connectivity index (χ1n) is 4.52. The van der Waals surface area contributed by atoms with Crippen molar-refractivity contribution in [3.63, 3.8) is 0 Å². The Bertz CT molecular complexity index is 401. The molecular weight excluding hydrogens is 199 g/mol. The summed E-state index contributed by atoms with van der Waals surface area (Å²) in [5, 5.41) is 0. The van der Waals surface area contributed by atoms with Crippen molar-refractivity contribution in [2.24, 2.45) is 0 Å². The Kier molecular flexibility index (Phi) is 2.67. The molecule has 0 spiro atoms. The van der Waals surface area contributed by atoms with Crippen LogP contribution < -0.4 is 0 Å². The zero-order chi connectivity index (χ0) is 10.7. The molecule has 1 unspecified atom stereocenters. The number of hydrogen-bond acceptors (Lipinski definition) is 3. The first-order chi connectivity index (χ1) is 7.25. The molecule has 3 nitrogen and oxygen atoms in total. The van der Waals surface area contributed by atoms with Crippen molar-refractivity contribution in [1.82, 2.24) is 0 Å². The predicted molar refractivity (Wildman–Crippen MR) is 51.7 cm³/mol. The molecule has 0 aliphatic carbocycles. The first kappa shape index (κ1) is 9.71. The fraction of sp³-hybridized carbons (Fsp3) is 0.182. The van der Waals surface area contributed by atoms with Gasteiger partial charge in [0, 0.05) is 5.56 Å². The molecule has 1 fully saturated rings. The van der Waals surface area contributed by atoms with Gasteiger partial charge in [-0.3, -0.25) is 0 Å². The number of carbonyl (C=O) groups is 1. The molecule has 1 heterocycles. The van der Waals surface area contributed by atoms with Crippen molar-refractivity contribution in [2.45, 2.75) is 6.10 Å². The van der Waals surface area contributed by atoms with E-state index in [1.54, 1.807) is 30.4 Å². The fourth-order valence-electron chi connectivity index (χ4n) is 1.26. The molecule has 0 N–H and O–H groups in total. The third-order valence-corrected chi connectivity index (χ3v) is 2.01. The monoisotopic (exact) mass is 208 g/mol. The zero-order valence-corrected chi connectivity index (χ0v) is 7.85. The van der Waals surface area contributed by atoms with E-state index >= 15 is 0 Å². The second kappa shape index (κ2) is 4.13. The number of ether oxygens (including phenoxy) is 2. The van der Waals surface area contributed by atoms with Crippen LogP contribution >= 0.6 is 0 Å². The van der Waals surface area contributed by atoms with Crippen LogP contribution in [-0.4, -0.2) is 18.9 Å². The van der Waals surface area contributed by atoms with Crippen LogP contribution in [0.25, 0.3) is 6.08 Å². The summed E-state index contributed by atoms with van der Waals surface area (Å²) in [5.74, 6) is -0.306. The van der Waals surface area contributed by atoms with Gasteiger partial charge in [-0.25, -0.2) is 9.18 Å². The number of rotatable bonds is 2. The SMILES string of the molecule is O=C1OCC(/C=C/c2ccccc2F)O1. The van der Waals surface area contributed by atoms with Gasteiger partial charge < -0.3 is 9.47 Å². The highest BCUT2D eigenvalue weighted by Crippen LogP contribution is 2.12. The molecule has 15 heavy (non-hydrogen) atoms. The van der Waals surface area contributed by atoms with Crippen LogP contribution in [-0.2, 0) is 9.47 Å². The average Bonchev–Trinajstić information content (AvgIpc) is 2.63. The van der Waals surface area contributed by atoms with E-state index in [0.29, 0.717) is 5.56 Å². The highest BCUT2D eigenvalue weighted by molar-refractivity contribution is 5.63. The van der Waals surface area contributed by atoms with Gasteiger partial charge in [-0.2, -0.15) is 0 Å². The van der Waals surface area contributed by atoms with E-state index in [1.165, 1.54) is 6.07 Å². The number of hydrogen-bond donors (Lipinski definition) is 0. The summed E-state index contributed by atoms with van der Waals surface area (Å²) in [6, 6.07) is 6.37. The van der Waals surface area contributed by atoms with Crippen LogP contribution in [0.4, 0.5) is 9.18 Å². The molecule has 1 aromatic carbocycles. The van der Waals surface area contributed by atoms with E-state index in [2.05, 4.69) is 4.74 Å². The Hall–Kier alpha value is -1.84. The maximum atomic E-state index is 13.1. The lowest BCUT2D eigenvalue weighted by atomic mass is 10.2. The number of carbonyl (C=O) groups excluding carboxylic acids is 1. The maximum absolute atomic E-state index is 13.1. The lowest BCUT2D eigenvalue weighted by molar-refractivity contribution is 0.125. The number of halogens is 1. The lowest BCUT2D eigenvalue weighted by Crippen LogP contribution is -2.04. The van der Waals surface area contributed by atoms with Crippen molar-refractivity contribution in [3.05, 3.63) is 41.7 Å². The Morgan fingerprint density at radius 3 is 2.87 bits per heavy atom. The van der Waals surface area contributed by atoms with Crippen LogP contribution in [0.2, 0.25) is 0 Å². The summed E-state index contributed by atoms with van der Waals surface area (Å²) in [5.41, 5.74) is 0.459. The van der Waals surface area contributed by atoms with E-state index < -0.39 is 12.3 Å². The lowest BCUT2D eigenvalue weighted by Gasteiger charge is -1.98. The Morgan fingerprint density at radius 1 is 1.40 bits per heavy atom. The standard InChI is InChI=1S/C11H9FO3/c12-10-4-2-1-3-8(10)5-6-9-7-14-11(13)15-9/h1-6,9H,7H2/b6-5+. The van der Waals surface area contributed by atoms with E-state index in [0.717, 1.165) is 0 Å². The topological polar surface area (TPSA) is 35.5 Å². The van der Waals surface area contributed by atoms with Crippen LogP contribution in [0.3, 0.4) is 0 Å². The van der Waals surface area contributed by atoms with Crippen molar-refractivity contribution >= 4 is 12.2 Å². The van der Waals surface area contributed by atoms with E-state index in [4.69, 9.17) is 4.74 Å². The van der Waals surface area contributed by atoms with Gasteiger partial charge in [-0.05, 0) is 12.1 Å². The summed E-state index contributed by atoms with van der Waals surface area (Å²) in [6.45, 7) is 0.184. The molecular formula is C11H9FO3. The maximum Gasteiger partial charge on any atom is 0.509 e. The van der Waals surface area contributed by atoms with Gasteiger partial charge in [-0.1, -0.05) is 24.3 Å². The Balaban J connectivity index is 2.05. The molecule has 0 amide bonds. The summed E-state index contributed by atoms with van der Waals surface area (Å²) < 4.78 is 22.5. The second-order valence-electron chi connectivity index (χ2n) is 3.10. The van der Waals surface area contributed by atoms with Crippen LogP contribution in [0, 0.1) is 5.82 Å². The Morgan fingerprint density at radius 2 is 2.20 bits per heavy atom. The third kappa shape index (κ3) is 2.34. The largest absolute Gasteiger partial charge is 0.509 e. The van der Waals surface area contributed by atoms with Gasteiger partial charge in [0.05, 0.1) is 0 Å². The van der Waals surface area contributed by atoms with Crippen LogP contribution in [0.15, 0.2) is 30.3 Å². The summed E-state index contributed by atoms with van der Waals surface area (Å²) in [6.07, 6.45) is 2.07. The van der Waals surface area contributed by atoms with Crippen molar-refractivity contribution in [3.8, 4) is 0 Å². The van der Waals surface area contributed by atoms with Gasteiger partial charge in [-0.15, -0.1) is 0 Å². The highest BCUT2D eigenvalue weighted by atomic mass is 19.1. The smallest absolute Gasteiger partial charge is 0.430 e. The van der Waals surface area contributed by atoms with E-state index in [-0.39, 0.29) is 12.4 Å². The normalized spacial score (nSPS) is 20.3. The molecule has 0 bridgehead atoms. The minimum atomic E-state index is -0.682. The molecule has 4 heteroatoms. The van der Waals surface area contributed by atoms with Gasteiger partial charge in [0.15, 0.2) is 6.10 Å². The average molecular weight is 208 g/mol. The number of benzene rings is 1. The zero-order valence-electron chi connectivity index (χ0n) is 7.85. The first-order valence-corrected chi connectivity index (χ1v) is 4.52. The van der Waals surface area contributed by atoms with E-state index in [9.17, 15) is 9.18 Å². The molecule has 1 aliphatic rings. The summed E-state index contributed by atoms with van der Waals surface area (Å²) >= 11 is 0. The van der Waals surface area contributed by atoms with Crippen LogP contribution in [0.1, 0.15) is 5.56 Å². The molecule has 78 valence electrons. The second-order valence-corrected chi connectivity index (χ2v) is 3.10. The highest BCUT2D eigenvalue weighted by Gasteiger charge is 2.21. The molecule has 0 saturated carbocycles. The van der Waals surface area contributed by atoms with Gasteiger partial charge in [0.2, 0.25) is 0 Å². The minimum Gasteiger partial charge on any atom is -0.430 e. The summed E-state index contributed by atoms with van der Waals surface area (Å²) in [4.78, 5) is 10.6. The molecule has 1 aliphatic heterocycles. The van der Waals surface area contributed by atoms with E-state index in [1.807, 2.05) is 0 Å². The van der Waals surface area contributed by atoms with Gasteiger partial charge in [0.25, 0.3) is 0 Å². The molecule has 1 aromatic rings.